The molecule has 0 fully saturated rings. The molecule has 1 atom stereocenters. The maximum Gasteiger partial charge on any atom is 0.437 e. The van der Waals surface area contributed by atoms with Crippen LogP contribution in [0.15, 0.2) is 30.3 Å². The van der Waals surface area contributed by atoms with Gasteiger partial charge in [-0.3, -0.25) is 0 Å². The highest BCUT2D eigenvalue weighted by molar-refractivity contribution is 5.81. The van der Waals surface area contributed by atoms with Crippen LogP contribution in [0.3, 0.4) is 0 Å². The monoisotopic (exact) mass is 340 g/mol. The minimum absolute atomic E-state index is 0.600. The Balaban J connectivity index is 2.15. The number of aliphatic hydroxyl groups is 1. The van der Waals surface area contributed by atoms with Crippen molar-refractivity contribution in [2.24, 2.45) is 0 Å². The van der Waals surface area contributed by atoms with Crippen molar-refractivity contribution >= 4 is 12.0 Å². The Labute approximate surface area is 126 Å². The predicted molar refractivity (Wildman–Crippen MR) is 66.2 cm³/mol. The molecule has 126 valence electrons. The Morgan fingerprint density at radius 1 is 1.09 bits per heavy atom. The van der Waals surface area contributed by atoms with Crippen molar-refractivity contribution in [2.75, 3.05) is 6.61 Å². The number of carbonyl (C=O) groups is 1. The van der Waals surface area contributed by atoms with Crippen LogP contribution in [0, 0.1) is 0 Å². The molecule has 1 aromatic rings. The molecule has 0 amide bonds. The van der Waals surface area contributed by atoms with Gasteiger partial charge in [-0.05, 0) is 11.1 Å². The average molecular weight is 340 g/mol. The van der Waals surface area contributed by atoms with Crippen molar-refractivity contribution in [3.05, 3.63) is 41.5 Å². The van der Waals surface area contributed by atoms with Gasteiger partial charge in [0.05, 0.1) is 0 Å². The Hall–Kier alpha value is -2.03. The van der Waals surface area contributed by atoms with Crippen molar-refractivity contribution in [3.8, 4) is 0 Å². The topological polar surface area (TPSA) is 46.5 Å². The number of rotatable bonds is 3. The van der Waals surface area contributed by atoms with Crippen LogP contribution in [0.2, 0.25) is 0 Å². The van der Waals surface area contributed by atoms with Crippen LogP contribution in [-0.4, -0.2) is 35.6 Å². The number of halogens is 6. The van der Waals surface area contributed by atoms with Gasteiger partial charge in [0.2, 0.25) is 0 Å². The normalized spacial score (nSPS) is 18.0. The van der Waals surface area contributed by atoms with Gasteiger partial charge in [-0.25, -0.2) is 4.79 Å². The second-order valence-corrected chi connectivity index (χ2v) is 4.90. The average Bonchev–Trinajstić information content (AvgIpc) is 2.84. The Morgan fingerprint density at radius 3 is 2.22 bits per heavy atom. The highest BCUT2D eigenvalue weighted by Gasteiger charge is 2.76. The van der Waals surface area contributed by atoms with E-state index >= 15 is 0 Å². The fourth-order valence-corrected chi connectivity index (χ4v) is 2.13. The summed E-state index contributed by atoms with van der Waals surface area (Å²) in [7, 11) is 0. The molecule has 1 aliphatic rings. The summed E-state index contributed by atoms with van der Waals surface area (Å²) >= 11 is 0. The van der Waals surface area contributed by atoms with E-state index in [1.54, 1.807) is 30.3 Å². The van der Waals surface area contributed by atoms with Crippen molar-refractivity contribution in [2.45, 2.75) is 23.9 Å². The molecular weight excluding hydrogens is 330 g/mol. The zero-order chi connectivity index (χ0) is 17.5. The summed E-state index contributed by atoms with van der Waals surface area (Å²) in [4.78, 5) is 11.3. The fourth-order valence-electron chi connectivity index (χ4n) is 2.13. The van der Waals surface area contributed by atoms with Crippen LogP contribution < -0.4 is 0 Å². The zero-order valence-corrected chi connectivity index (χ0v) is 11.3. The number of carbonyl (C=O) groups excluding carboxylic acids is 1. The Bertz CT molecular complexity index is 618. The molecule has 23 heavy (non-hydrogen) atoms. The van der Waals surface area contributed by atoms with Crippen LogP contribution in [0.25, 0.3) is 6.08 Å². The molecular formula is C14H10F6O3. The van der Waals surface area contributed by atoms with Gasteiger partial charge < -0.3 is 9.84 Å². The van der Waals surface area contributed by atoms with E-state index < -0.39 is 36.4 Å². The van der Waals surface area contributed by atoms with E-state index in [0.29, 0.717) is 5.56 Å². The number of benzene rings is 1. The quantitative estimate of drug-likeness (QED) is 0.679. The summed E-state index contributed by atoms with van der Waals surface area (Å²) in [5.41, 5.74) is -4.24. The Morgan fingerprint density at radius 2 is 1.65 bits per heavy atom. The number of esters is 1. The number of ether oxygens (including phenoxy) is 1. The summed E-state index contributed by atoms with van der Waals surface area (Å²) in [5, 5.41) is 8.88. The van der Waals surface area contributed by atoms with E-state index in [1.165, 1.54) is 6.08 Å². The number of hydrogen-bond acceptors (Lipinski definition) is 3. The third kappa shape index (κ3) is 2.92. The first kappa shape index (κ1) is 17.3. The lowest BCUT2D eigenvalue weighted by molar-refractivity contribution is -0.357. The van der Waals surface area contributed by atoms with E-state index in [0.717, 1.165) is 5.56 Å². The van der Waals surface area contributed by atoms with E-state index in [-0.39, 0.29) is 0 Å². The lowest BCUT2D eigenvalue weighted by Gasteiger charge is -2.30. The van der Waals surface area contributed by atoms with Gasteiger partial charge in [0.1, 0.15) is 6.61 Å². The highest BCUT2D eigenvalue weighted by atomic mass is 19.4. The van der Waals surface area contributed by atoms with Crippen LogP contribution in [0.5, 0.6) is 0 Å². The number of hydrogen-bond donors (Lipinski definition) is 1. The second kappa shape index (κ2) is 5.55. The molecule has 0 heterocycles. The molecule has 0 aliphatic heterocycles. The van der Waals surface area contributed by atoms with Crippen molar-refractivity contribution in [1.82, 2.24) is 0 Å². The van der Waals surface area contributed by atoms with Gasteiger partial charge in [0.15, 0.2) is 0 Å². The zero-order valence-electron chi connectivity index (χ0n) is 11.3. The van der Waals surface area contributed by atoms with Gasteiger partial charge in [-0.2, -0.15) is 26.3 Å². The van der Waals surface area contributed by atoms with Gasteiger partial charge in [0, 0.05) is 5.92 Å². The number of alkyl halides is 6. The first-order valence-corrected chi connectivity index (χ1v) is 6.28. The molecule has 0 saturated heterocycles. The lowest BCUT2D eigenvalue weighted by atomic mass is 10.0. The third-order valence-electron chi connectivity index (χ3n) is 3.41. The lowest BCUT2D eigenvalue weighted by Crippen LogP contribution is -2.63. The third-order valence-corrected chi connectivity index (χ3v) is 3.41. The van der Waals surface area contributed by atoms with Gasteiger partial charge in [0.25, 0.3) is 0 Å². The van der Waals surface area contributed by atoms with Gasteiger partial charge in [-0.15, -0.1) is 0 Å². The molecule has 0 spiro atoms. The molecule has 1 unspecified atom stereocenters. The fraction of sp³-hybridized carbons (Fsp3) is 0.357. The number of fused-ring (bicyclic) bond motifs is 1. The van der Waals surface area contributed by atoms with Crippen molar-refractivity contribution < 1.29 is 41.0 Å². The molecule has 2 rings (SSSR count). The Kier molecular flexibility index (Phi) is 4.18. The summed E-state index contributed by atoms with van der Waals surface area (Å²) < 4.78 is 79.2. The van der Waals surface area contributed by atoms with E-state index in [4.69, 9.17) is 5.11 Å². The predicted octanol–water partition coefficient (Wildman–Crippen LogP) is 3.20. The molecule has 0 bridgehead atoms. The molecule has 1 aliphatic carbocycles. The molecule has 0 aromatic heterocycles. The second-order valence-electron chi connectivity index (χ2n) is 4.90. The summed E-state index contributed by atoms with van der Waals surface area (Å²) in [6.45, 7) is -0.749. The minimum atomic E-state index is -6.24. The standard InChI is InChI=1S/C14H10F6O3/c15-13(16,17)12(22,14(18,19)20)11(21)23-7-9-6-5-8-3-1-2-4-10(8)9/h1-6,9,22H,7H2. The first-order valence-electron chi connectivity index (χ1n) is 6.28. The van der Waals surface area contributed by atoms with Crippen LogP contribution >= 0.6 is 0 Å². The van der Waals surface area contributed by atoms with Crippen LogP contribution in [0.1, 0.15) is 17.0 Å². The minimum Gasteiger partial charge on any atom is -0.462 e. The SMILES string of the molecule is O=C(OCC1C=Cc2ccccc21)C(O)(C(F)(F)F)C(F)(F)F. The smallest absolute Gasteiger partial charge is 0.437 e. The van der Waals surface area contributed by atoms with E-state index in [2.05, 4.69) is 4.74 Å². The largest absolute Gasteiger partial charge is 0.462 e. The molecule has 1 N–H and O–H groups in total. The molecule has 3 nitrogen and oxygen atoms in total. The molecule has 1 aromatic carbocycles. The summed E-state index contributed by atoms with van der Waals surface area (Å²) in [5.74, 6) is -3.48. The van der Waals surface area contributed by atoms with Gasteiger partial charge >= 0.3 is 23.9 Å². The van der Waals surface area contributed by atoms with E-state index in [9.17, 15) is 31.1 Å². The summed E-state index contributed by atoms with van der Waals surface area (Å²) in [6.07, 6.45) is -9.40. The van der Waals surface area contributed by atoms with Crippen LogP contribution in [-0.2, 0) is 9.53 Å². The van der Waals surface area contributed by atoms with Crippen molar-refractivity contribution in [3.63, 3.8) is 0 Å². The molecule has 0 saturated carbocycles. The molecule has 9 heteroatoms. The van der Waals surface area contributed by atoms with Crippen molar-refractivity contribution in [1.29, 1.82) is 0 Å². The maximum atomic E-state index is 12.5. The van der Waals surface area contributed by atoms with E-state index in [1.807, 2.05) is 0 Å². The summed E-state index contributed by atoms with van der Waals surface area (Å²) in [6, 6.07) is 6.62. The maximum absolute atomic E-state index is 12.5. The highest BCUT2D eigenvalue weighted by Crippen LogP contribution is 2.44. The van der Waals surface area contributed by atoms with Gasteiger partial charge in [-0.1, -0.05) is 36.4 Å². The van der Waals surface area contributed by atoms with Crippen LogP contribution in [0.4, 0.5) is 26.3 Å². The molecule has 0 radical (unpaired) electrons. The first-order chi connectivity index (χ1) is 10.5.